The van der Waals surface area contributed by atoms with Crippen molar-refractivity contribution in [1.82, 2.24) is 5.32 Å². The number of rotatable bonds is 4. The molecular formula is C14H18N2O5. The van der Waals surface area contributed by atoms with Crippen LogP contribution < -0.4 is 5.32 Å². The van der Waals surface area contributed by atoms with Gasteiger partial charge in [0.15, 0.2) is 0 Å². The van der Waals surface area contributed by atoms with E-state index >= 15 is 0 Å². The molecule has 0 unspecified atom stereocenters. The van der Waals surface area contributed by atoms with Crippen molar-refractivity contribution in [3.63, 3.8) is 0 Å². The van der Waals surface area contributed by atoms with Gasteiger partial charge in [0.1, 0.15) is 11.4 Å². The van der Waals surface area contributed by atoms with Crippen molar-refractivity contribution in [2.24, 2.45) is 0 Å². The minimum atomic E-state index is -0.660. The van der Waals surface area contributed by atoms with Crippen LogP contribution >= 0.6 is 0 Å². The van der Waals surface area contributed by atoms with Crippen LogP contribution in [0, 0.1) is 10.1 Å². The molecule has 114 valence electrons. The number of nitrogens with one attached hydrogen (secondary N) is 1. The van der Waals surface area contributed by atoms with Gasteiger partial charge in [0, 0.05) is 17.2 Å². The number of carbonyl (C=O) groups is 1. The summed E-state index contributed by atoms with van der Waals surface area (Å²) in [4.78, 5) is 22.0. The van der Waals surface area contributed by atoms with E-state index < -0.39 is 16.6 Å². The Morgan fingerprint density at radius 1 is 1.48 bits per heavy atom. The largest absolute Gasteiger partial charge is 0.508 e. The lowest BCUT2D eigenvalue weighted by Gasteiger charge is -2.19. The minimum Gasteiger partial charge on any atom is -0.508 e. The summed E-state index contributed by atoms with van der Waals surface area (Å²) < 4.78 is 5.05. The van der Waals surface area contributed by atoms with Crippen molar-refractivity contribution in [3.8, 4) is 0 Å². The molecule has 0 aromatic heterocycles. The van der Waals surface area contributed by atoms with Gasteiger partial charge in [-0.2, -0.15) is 0 Å². The van der Waals surface area contributed by atoms with Crippen LogP contribution in [0.15, 0.2) is 24.8 Å². The first-order valence-corrected chi connectivity index (χ1v) is 6.22. The van der Waals surface area contributed by atoms with Gasteiger partial charge in [-0.3, -0.25) is 10.1 Å². The number of nitro groups is 1. The van der Waals surface area contributed by atoms with Crippen molar-refractivity contribution < 1.29 is 19.6 Å². The van der Waals surface area contributed by atoms with E-state index in [4.69, 9.17) is 4.74 Å². The predicted octanol–water partition coefficient (Wildman–Crippen LogP) is 3.15. The second kappa shape index (κ2) is 6.25. The van der Waals surface area contributed by atoms with E-state index in [0.717, 1.165) is 0 Å². The van der Waals surface area contributed by atoms with Gasteiger partial charge >= 0.3 is 6.09 Å². The molecular weight excluding hydrogens is 276 g/mol. The number of aliphatic hydroxyl groups is 1. The lowest BCUT2D eigenvalue weighted by atomic mass is 10.1. The third-order valence-corrected chi connectivity index (χ3v) is 2.44. The number of ether oxygens (including phenoxy) is 1. The fourth-order valence-electron chi connectivity index (χ4n) is 1.54. The Morgan fingerprint density at radius 3 is 2.57 bits per heavy atom. The van der Waals surface area contributed by atoms with Gasteiger partial charge in [-0.1, -0.05) is 12.6 Å². The van der Waals surface area contributed by atoms with Gasteiger partial charge in [0.05, 0.1) is 11.5 Å². The molecule has 0 fully saturated rings. The van der Waals surface area contributed by atoms with Gasteiger partial charge in [0.2, 0.25) is 0 Å². The molecule has 0 radical (unpaired) electrons. The SMILES string of the molecule is C=C(O)c1ccc(CNC(=O)OC(C)(C)C)c([N+](=O)[O-])c1. The zero-order chi connectivity index (χ0) is 16.2. The highest BCUT2D eigenvalue weighted by Gasteiger charge is 2.19. The molecule has 7 heteroatoms. The normalized spacial score (nSPS) is 10.8. The summed E-state index contributed by atoms with van der Waals surface area (Å²) in [6, 6.07) is 4.14. The summed E-state index contributed by atoms with van der Waals surface area (Å²) in [6.45, 7) is 8.42. The molecule has 1 amide bonds. The summed E-state index contributed by atoms with van der Waals surface area (Å²) >= 11 is 0. The van der Waals surface area contributed by atoms with Crippen molar-refractivity contribution in [3.05, 3.63) is 46.0 Å². The Bertz CT molecular complexity index is 575. The Kier molecular flexibility index (Phi) is 4.91. The predicted molar refractivity (Wildman–Crippen MR) is 77.8 cm³/mol. The summed E-state index contributed by atoms with van der Waals surface area (Å²) in [6.07, 6.45) is -0.660. The Labute approximate surface area is 122 Å². The van der Waals surface area contributed by atoms with Crippen LogP contribution in [0.3, 0.4) is 0 Å². The Balaban J connectivity index is 2.86. The maximum absolute atomic E-state index is 11.5. The van der Waals surface area contributed by atoms with E-state index in [1.165, 1.54) is 18.2 Å². The zero-order valence-electron chi connectivity index (χ0n) is 12.2. The fourth-order valence-corrected chi connectivity index (χ4v) is 1.54. The molecule has 0 spiro atoms. The summed E-state index contributed by atoms with van der Waals surface area (Å²) in [5.74, 6) is -0.259. The zero-order valence-corrected chi connectivity index (χ0v) is 12.2. The highest BCUT2D eigenvalue weighted by molar-refractivity contribution is 5.68. The number of hydrogen-bond donors (Lipinski definition) is 2. The highest BCUT2D eigenvalue weighted by atomic mass is 16.6. The summed E-state index contributed by atoms with van der Waals surface area (Å²) in [5.41, 5.74) is -0.300. The summed E-state index contributed by atoms with van der Waals surface area (Å²) in [7, 11) is 0. The molecule has 0 bridgehead atoms. The number of carbonyl (C=O) groups excluding carboxylic acids is 1. The lowest BCUT2D eigenvalue weighted by Crippen LogP contribution is -2.32. The first-order valence-electron chi connectivity index (χ1n) is 6.22. The van der Waals surface area contributed by atoms with Gasteiger partial charge < -0.3 is 15.2 Å². The third kappa shape index (κ3) is 5.13. The van der Waals surface area contributed by atoms with E-state index in [0.29, 0.717) is 5.56 Å². The number of alkyl carbamates (subject to hydrolysis) is 1. The molecule has 7 nitrogen and oxygen atoms in total. The standard InChI is InChI=1S/C14H18N2O5/c1-9(17)10-5-6-11(12(7-10)16(19)20)8-15-13(18)21-14(2,3)4/h5-7,17H,1,8H2,2-4H3,(H,15,18). The monoisotopic (exact) mass is 294 g/mol. The first-order chi connectivity index (χ1) is 9.60. The first kappa shape index (κ1) is 16.5. The van der Waals surface area contributed by atoms with E-state index in [2.05, 4.69) is 11.9 Å². The second-order valence-electron chi connectivity index (χ2n) is 5.40. The quantitative estimate of drug-likeness (QED) is 0.504. The highest BCUT2D eigenvalue weighted by Crippen LogP contribution is 2.23. The average Bonchev–Trinajstić information content (AvgIpc) is 2.33. The van der Waals surface area contributed by atoms with Crippen LogP contribution in [-0.2, 0) is 11.3 Å². The van der Waals surface area contributed by atoms with Crippen LogP contribution in [0.2, 0.25) is 0 Å². The number of nitro benzene ring substituents is 1. The van der Waals surface area contributed by atoms with E-state index in [9.17, 15) is 20.0 Å². The van der Waals surface area contributed by atoms with Crippen LogP contribution in [0.25, 0.3) is 5.76 Å². The molecule has 0 aliphatic rings. The maximum Gasteiger partial charge on any atom is 0.407 e. The van der Waals surface area contributed by atoms with E-state index in [-0.39, 0.29) is 23.6 Å². The van der Waals surface area contributed by atoms with Crippen molar-refractivity contribution in [1.29, 1.82) is 0 Å². The number of amides is 1. The van der Waals surface area contributed by atoms with Crippen molar-refractivity contribution in [2.45, 2.75) is 32.9 Å². The second-order valence-corrected chi connectivity index (χ2v) is 5.40. The van der Waals surface area contributed by atoms with Crippen LogP contribution in [0.5, 0.6) is 0 Å². The minimum absolute atomic E-state index is 0.0522. The maximum atomic E-state index is 11.5. The van der Waals surface area contributed by atoms with Crippen LogP contribution in [-0.4, -0.2) is 21.7 Å². The smallest absolute Gasteiger partial charge is 0.407 e. The fraction of sp³-hybridized carbons (Fsp3) is 0.357. The molecule has 1 aromatic rings. The average molecular weight is 294 g/mol. The number of hydrogen-bond acceptors (Lipinski definition) is 5. The summed E-state index contributed by atoms with van der Waals surface area (Å²) in [5, 5.41) is 22.7. The Hall–Kier alpha value is -2.57. The van der Waals surface area contributed by atoms with Crippen molar-refractivity contribution in [2.75, 3.05) is 0 Å². The molecule has 1 aromatic carbocycles. The molecule has 1 rings (SSSR count). The van der Waals surface area contributed by atoms with E-state index in [1.807, 2.05) is 0 Å². The number of nitrogens with zero attached hydrogens (tertiary/aromatic N) is 1. The molecule has 2 N–H and O–H groups in total. The van der Waals surface area contributed by atoms with Crippen LogP contribution in [0.4, 0.5) is 10.5 Å². The van der Waals surface area contributed by atoms with Gasteiger partial charge in [0.25, 0.3) is 5.69 Å². The number of benzene rings is 1. The van der Waals surface area contributed by atoms with Crippen molar-refractivity contribution >= 4 is 17.5 Å². The Morgan fingerprint density at radius 2 is 2.10 bits per heavy atom. The molecule has 0 aliphatic carbocycles. The van der Waals surface area contributed by atoms with Gasteiger partial charge in [-0.15, -0.1) is 0 Å². The van der Waals surface area contributed by atoms with Crippen LogP contribution in [0.1, 0.15) is 31.9 Å². The molecule has 21 heavy (non-hydrogen) atoms. The topological polar surface area (TPSA) is 102 Å². The lowest BCUT2D eigenvalue weighted by molar-refractivity contribution is -0.385. The number of aliphatic hydroxyl groups excluding tert-OH is 1. The molecule has 0 aliphatic heterocycles. The molecule has 0 saturated carbocycles. The van der Waals surface area contributed by atoms with E-state index in [1.54, 1.807) is 20.8 Å². The molecule has 0 atom stereocenters. The molecule has 0 saturated heterocycles. The van der Waals surface area contributed by atoms with Gasteiger partial charge in [-0.25, -0.2) is 4.79 Å². The van der Waals surface area contributed by atoms with Gasteiger partial charge in [-0.05, 0) is 26.8 Å². The third-order valence-electron chi connectivity index (χ3n) is 2.44. The molecule has 0 heterocycles.